The smallest absolute Gasteiger partial charge is 0.246 e. The maximum Gasteiger partial charge on any atom is 0.246 e. The van der Waals surface area contributed by atoms with Crippen LogP contribution < -0.4 is 9.44 Å². The van der Waals surface area contributed by atoms with E-state index in [1.807, 2.05) is 0 Å². The van der Waals surface area contributed by atoms with Crippen molar-refractivity contribution in [1.29, 1.82) is 0 Å². The molecule has 0 saturated heterocycles. The maximum atomic E-state index is 11.3. The summed E-state index contributed by atoms with van der Waals surface area (Å²) in [6, 6.07) is 6.01. The van der Waals surface area contributed by atoms with Crippen molar-refractivity contribution >= 4 is 43.0 Å². The third kappa shape index (κ3) is 4.80. The molecule has 0 aliphatic rings. The second kappa shape index (κ2) is 5.11. The van der Waals surface area contributed by atoms with Crippen molar-refractivity contribution in [3.8, 4) is 0 Å². The Hall–Kier alpha value is -0.990. The molecule has 0 unspecified atom stereocenters. The number of nitrogens with one attached hydrogen (secondary N) is 2. The summed E-state index contributed by atoms with van der Waals surface area (Å²) in [4.78, 5) is 0. The zero-order valence-corrected chi connectivity index (χ0v) is 11.2. The van der Waals surface area contributed by atoms with Gasteiger partial charge in [0.2, 0.25) is 20.0 Å². The van der Waals surface area contributed by atoms with Crippen LogP contribution in [0.5, 0.6) is 0 Å². The number of anilines is 2. The van der Waals surface area contributed by atoms with Gasteiger partial charge in [0.25, 0.3) is 0 Å². The van der Waals surface area contributed by atoms with Crippen LogP contribution in [0.2, 0.25) is 0 Å². The van der Waals surface area contributed by atoms with Crippen LogP contribution >= 0.6 is 11.6 Å². The highest BCUT2D eigenvalue weighted by molar-refractivity contribution is 7.93. The van der Waals surface area contributed by atoms with Crippen molar-refractivity contribution < 1.29 is 16.8 Å². The number of sulfonamides is 2. The lowest BCUT2D eigenvalue weighted by Gasteiger charge is -2.11. The molecule has 0 fully saturated rings. The molecule has 0 bridgehead atoms. The molecule has 17 heavy (non-hydrogen) atoms. The van der Waals surface area contributed by atoms with Gasteiger partial charge in [-0.3, -0.25) is 9.44 Å². The predicted molar refractivity (Wildman–Crippen MR) is 68.2 cm³/mol. The minimum Gasteiger partial charge on any atom is -0.282 e. The summed E-state index contributed by atoms with van der Waals surface area (Å²) in [5, 5.41) is -0.611. The molecule has 1 aromatic rings. The second-order valence-corrected chi connectivity index (χ2v) is 7.30. The van der Waals surface area contributed by atoms with Gasteiger partial charge in [0, 0.05) is 0 Å². The fraction of sp³-hybridized carbons (Fsp3) is 0.250. The van der Waals surface area contributed by atoms with E-state index < -0.39 is 25.3 Å². The molecule has 0 heterocycles. The number of halogens is 1. The fourth-order valence-corrected chi connectivity index (χ4v) is 2.36. The van der Waals surface area contributed by atoms with Crippen molar-refractivity contribution in [2.24, 2.45) is 0 Å². The predicted octanol–water partition coefficient (Wildman–Crippen LogP) is 0.996. The monoisotopic (exact) mass is 298 g/mol. The van der Waals surface area contributed by atoms with Crippen molar-refractivity contribution in [2.45, 2.75) is 0 Å². The van der Waals surface area contributed by atoms with E-state index in [1.54, 1.807) is 12.1 Å². The van der Waals surface area contributed by atoms with Gasteiger partial charge in [0.15, 0.2) is 0 Å². The number of benzene rings is 1. The van der Waals surface area contributed by atoms with E-state index in [0.717, 1.165) is 6.26 Å². The Morgan fingerprint density at radius 1 is 1.06 bits per heavy atom. The summed E-state index contributed by atoms with van der Waals surface area (Å²) in [5.74, 6) is 0. The third-order valence-corrected chi connectivity index (χ3v) is 3.90. The summed E-state index contributed by atoms with van der Waals surface area (Å²) in [6.45, 7) is 0. The van der Waals surface area contributed by atoms with Crippen LogP contribution in [-0.4, -0.2) is 28.3 Å². The van der Waals surface area contributed by atoms with Gasteiger partial charge in [0.05, 0.1) is 17.6 Å². The lowest BCUT2D eigenvalue weighted by molar-refractivity contribution is 0.603. The van der Waals surface area contributed by atoms with Crippen molar-refractivity contribution in [1.82, 2.24) is 0 Å². The molecule has 0 saturated carbocycles. The van der Waals surface area contributed by atoms with Crippen LogP contribution in [0.25, 0.3) is 0 Å². The average Bonchev–Trinajstić information content (AvgIpc) is 2.19. The topological polar surface area (TPSA) is 92.3 Å². The number of para-hydroxylation sites is 2. The molecular formula is C8H11ClN2O4S2. The van der Waals surface area contributed by atoms with Crippen LogP contribution in [0.4, 0.5) is 11.4 Å². The summed E-state index contributed by atoms with van der Waals surface area (Å²) < 4.78 is 49.1. The zero-order chi connectivity index (χ0) is 13.1. The van der Waals surface area contributed by atoms with Crippen LogP contribution in [0.3, 0.4) is 0 Å². The molecule has 0 radical (unpaired) electrons. The largest absolute Gasteiger partial charge is 0.282 e. The minimum absolute atomic E-state index is 0.124. The SMILES string of the molecule is CS(=O)(=O)Nc1ccccc1NS(=O)(=O)CCl. The van der Waals surface area contributed by atoms with Crippen molar-refractivity contribution in [3.05, 3.63) is 24.3 Å². The quantitative estimate of drug-likeness (QED) is 0.793. The van der Waals surface area contributed by atoms with Gasteiger partial charge in [-0.1, -0.05) is 12.1 Å². The zero-order valence-electron chi connectivity index (χ0n) is 8.84. The molecule has 0 amide bonds. The molecule has 1 aromatic carbocycles. The van der Waals surface area contributed by atoms with Crippen LogP contribution in [0.1, 0.15) is 0 Å². The Morgan fingerprint density at radius 2 is 1.53 bits per heavy atom. The highest BCUT2D eigenvalue weighted by Crippen LogP contribution is 2.23. The number of alkyl halides is 1. The van der Waals surface area contributed by atoms with Gasteiger partial charge in [-0.05, 0) is 12.1 Å². The average molecular weight is 299 g/mol. The number of hydrogen-bond donors (Lipinski definition) is 2. The lowest BCUT2D eigenvalue weighted by Crippen LogP contribution is -2.16. The van der Waals surface area contributed by atoms with Gasteiger partial charge in [0.1, 0.15) is 5.21 Å². The molecule has 0 aliphatic heterocycles. The maximum absolute atomic E-state index is 11.3. The van der Waals surface area contributed by atoms with Crippen LogP contribution in [0, 0.1) is 0 Å². The number of hydrogen-bond acceptors (Lipinski definition) is 4. The molecule has 96 valence electrons. The van der Waals surface area contributed by atoms with E-state index in [0.29, 0.717) is 0 Å². The Kier molecular flexibility index (Phi) is 4.23. The molecular weight excluding hydrogens is 288 g/mol. The molecule has 9 heteroatoms. The fourth-order valence-electron chi connectivity index (χ4n) is 1.06. The van der Waals surface area contributed by atoms with E-state index in [9.17, 15) is 16.8 Å². The first-order valence-electron chi connectivity index (χ1n) is 4.37. The van der Waals surface area contributed by atoms with Gasteiger partial charge in [-0.15, -0.1) is 11.6 Å². The Balaban J connectivity index is 3.09. The van der Waals surface area contributed by atoms with Gasteiger partial charge >= 0.3 is 0 Å². The summed E-state index contributed by atoms with van der Waals surface area (Å²) in [5.41, 5.74) is 0.266. The third-order valence-electron chi connectivity index (χ3n) is 1.63. The summed E-state index contributed by atoms with van der Waals surface area (Å²) >= 11 is 5.24. The highest BCUT2D eigenvalue weighted by Gasteiger charge is 2.12. The standard InChI is InChI=1S/C8H11ClN2O4S2/c1-16(12,13)10-7-4-2-3-5-8(7)11-17(14,15)6-9/h2-5,10-11H,6H2,1H3. The first-order valence-corrected chi connectivity index (χ1v) is 8.44. The van der Waals surface area contributed by atoms with Gasteiger partial charge in [-0.2, -0.15) is 0 Å². The normalized spacial score (nSPS) is 12.1. The molecule has 0 aromatic heterocycles. The summed E-state index contributed by atoms with van der Waals surface area (Å²) in [7, 11) is -7.15. The first-order chi connectivity index (χ1) is 7.73. The Labute approximate surface area is 105 Å². The van der Waals surface area contributed by atoms with E-state index in [2.05, 4.69) is 9.44 Å². The molecule has 2 N–H and O–H groups in total. The molecule has 1 rings (SSSR count). The van der Waals surface area contributed by atoms with Crippen molar-refractivity contribution in [2.75, 3.05) is 20.9 Å². The minimum atomic E-state index is -3.67. The van der Waals surface area contributed by atoms with E-state index in [-0.39, 0.29) is 11.4 Å². The van der Waals surface area contributed by atoms with E-state index >= 15 is 0 Å². The Morgan fingerprint density at radius 3 is 1.94 bits per heavy atom. The van der Waals surface area contributed by atoms with Crippen LogP contribution in [0.15, 0.2) is 24.3 Å². The van der Waals surface area contributed by atoms with Gasteiger partial charge in [-0.25, -0.2) is 16.8 Å². The summed E-state index contributed by atoms with van der Waals surface area (Å²) in [6.07, 6.45) is 0.972. The molecule has 6 nitrogen and oxygen atoms in total. The second-order valence-electron chi connectivity index (χ2n) is 3.25. The molecule has 0 spiro atoms. The Bertz CT molecular complexity index is 598. The van der Waals surface area contributed by atoms with Crippen molar-refractivity contribution in [3.63, 3.8) is 0 Å². The lowest BCUT2D eigenvalue weighted by atomic mass is 10.3. The first kappa shape index (κ1) is 14.1. The van der Waals surface area contributed by atoms with Crippen LogP contribution in [-0.2, 0) is 20.0 Å². The van der Waals surface area contributed by atoms with E-state index in [4.69, 9.17) is 11.6 Å². The molecule has 0 aliphatic carbocycles. The number of rotatable bonds is 5. The molecule has 0 atom stereocenters. The van der Waals surface area contributed by atoms with Gasteiger partial charge < -0.3 is 0 Å². The van der Waals surface area contributed by atoms with E-state index in [1.165, 1.54) is 12.1 Å². The highest BCUT2D eigenvalue weighted by atomic mass is 35.5.